The Kier molecular flexibility index (Phi) is 4.11. The van der Waals surface area contributed by atoms with E-state index in [2.05, 4.69) is 15.1 Å². The molecule has 30 heavy (non-hydrogen) atoms. The van der Waals surface area contributed by atoms with Crippen LogP contribution in [0.1, 0.15) is 23.6 Å². The molecule has 2 N–H and O–H groups in total. The number of nitrogens with zero attached hydrogens (tertiary/aromatic N) is 3. The van der Waals surface area contributed by atoms with Gasteiger partial charge in [0.25, 0.3) is 5.56 Å². The number of para-hydroxylation sites is 2. The predicted octanol–water partition coefficient (Wildman–Crippen LogP) is 3.05. The van der Waals surface area contributed by atoms with Gasteiger partial charge in [0.2, 0.25) is 17.8 Å². The van der Waals surface area contributed by atoms with Gasteiger partial charge in [-0.25, -0.2) is 9.88 Å². The van der Waals surface area contributed by atoms with E-state index in [-0.39, 0.29) is 17.9 Å². The molecule has 1 aliphatic rings. The number of carbonyl (C=O) groups is 2. The van der Waals surface area contributed by atoms with Crippen molar-refractivity contribution in [3.63, 3.8) is 0 Å². The van der Waals surface area contributed by atoms with Gasteiger partial charge in [-0.15, -0.1) is 0 Å². The number of amides is 2. The lowest BCUT2D eigenvalue weighted by Gasteiger charge is -2.15. The third-order valence-electron chi connectivity index (χ3n) is 5.27. The maximum atomic E-state index is 13.2. The van der Waals surface area contributed by atoms with Gasteiger partial charge < -0.3 is 4.98 Å². The topological polar surface area (TPSA) is 104 Å². The summed E-state index contributed by atoms with van der Waals surface area (Å²) in [6.45, 7) is 1.70. The van der Waals surface area contributed by atoms with Crippen molar-refractivity contribution in [2.24, 2.45) is 0 Å². The Morgan fingerprint density at radius 1 is 1.10 bits per heavy atom. The molecule has 0 spiro atoms. The fraction of sp³-hybridized carbons (Fsp3) is 0.143. The quantitative estimate of drug-likeness (QED) is 0.496. The van der Waals surface area contributed by atoms with Gasteiger partial charge >= 0.3 is 0 Å². The number of hydrogen-bond acceptors (Lipinski definition) is 4. The molecular weight excluding hydrogens is 406 g/mol. The summed E-state index contributed by atoms with van der Waals surface area (Å²) in [5.74, 6) is -1.37. The lowest BCUT2D eigenvalue weighted by molar-refractivity contribution is -0.121. The zero-order valence-corrected chi connectivity index (χ0v) is 16.6. The van der Waals surface area contributed by atoms with E-state index >= 15 is 0 Å². The number of anilines is 1. The van der Waals surface area contributed by atoms with Crippen LogP contribution in [0.5, 0.6) is 0 Å². The summed E-state index contributed by atoms with van der Waals surface area (Å²) in [4.78, 5) is 47.5. The molecule has 0 bridgehead atoms. The lowest BCUT2D eigenvalue weighted by atomic mass is 9.98. The highest BCUT2D eigenvalue weighted by atomic mass is 35.5. The van der Waals surface area contributed by atoms with Gasteiger partial charge in [0, 0.05) is 17.1 Å². The molecule has 1 fully saturated rings. The number of aromatic amines is 2. The van der Waals surface area contributed by atoms with Crippen LogP contribution in [-0.2, 0) is 9.59 Å². The van der Waals surface area contributed by atoms with Crippen LogP contribution in [0.15, 0.2) is 53.3 Å². The largest absolute Gasteiger partial charge is 0.322 e. The molecule has 1 atom stereocenters. The number of halogens is 1. The molecule has 2 amide bonds. The van der Waals surface area contributed by atoms with Gasteiger partial charge in [0.1, 0.15) is 0 Å². The smallest absolute Gasteiger partial charge is 0.278 e. The van der Waals surface area contributed by atoms with Crippen molar-refractivity contribution in [3.8, 4) is 5.95 Å². The minimum Gasteiger partial charge on any atom is -0.322 e. The molecular formula is C21H16ClN5O3. The standard InChI is InChI=1S/C21H16ClN5O3/c1-11-18(14-10-17(28)26(19(14)29)13-6-4-5-12(22)9-13)20(30)27(25-11)21-23-15-7-2-3-8-16(15)24-21/h2-9,14,25H,10H2,1H3,(H,23,24). The Hall–Kier alpha value is -3.65. The van der Waals surface area contributed by atoms with Crippen molar-refractivity contribution in [2.75, 3.05) is 4.90 Å². The summed E-state index contributed by atoms with van der Waals surface area (Å²) in [5, 5.41) is 3.39. The Labute approximate surface area is 175 Å². The van der Waals surface area contributed by atoms with E-state index < -0.39 is 17.4 Å². The number of hydrogen-bond donors (Lipinski definition) is 2. The van der Waals surface area contributed by atoms with Gasteiger partial charge in [0.15, 0.2) is 0 Å². The van der Waals surface area contributed by atoms with E-state index in [0.29, 0.717) is 27.9 Å². The average molecular weight is 422 g/mol. The minimum atomic E-state index is -0.870. The number of imide groups is 1. The van der Waals surface area contributed by atoms with Crippen LogP contribution in [0.4, 0.5) is 5.69 Å². The SMILES string of the molecule is Cc1[nH]n(-c2nc3ccccc3[nH]2)c(=O)c1C1CC(=O)N(c2cccc(Cl)c2)C1=O. The summed E-state index contributed by atoms with van der Waals surface area (Å²) in [6.07, 6.45) is -0.0839. The monoisotopic (exact) mass is 421 g/mol. The van der Waals surface area contributed by atoms with E-state index in [1.807, 2.05) is 24.3 Å². The zero-order valence-electron chi connectivity index (χ0n) is 15.8. The molecule has 1 unspecified atom stereocenters. The zero-order chi connectivity index (χ0) is 21.0. The molecule has 1 aliphatic heterocycles. The van der Waals surface area contributed by atoms with Gasteiger partial charge in [0.05, 0.1) is 28.2 Å². The third kappa shape index (κ3) is 2.76. The van der Waals surface area contributed by atoms with Crippen molar-refractivity contribution < 1.29 is 9.59 Å². The number of nitrogens with one attached hydrogen (secondary N) is 2. The van der Waals surface area contributed by atoms with Crippen molar-refractivity contribution >= 4 is 40.1 Å². The van der Waals surface area contributed by atoms with Crippen LogP contribution in [0.3, 0.4) is 0 Å². The molecule has 0 saturated carbocycles. The van der Waals surface area contributed by atoms with Crippen molar-refractivity contribution in [1.29, 1.82) is 0 Å². The van der Waals surface area contributed by atoms with Crippen molar-refractivity contribution in [1.82, 2.24) is 19.7 Å². The predicted molar refractivity (Wildman–Crippen MR) is 112 cm³/mol. The minimum absolute atomic E-state index is 0.0839. The molecule has 0 radical (unpaired) electrons. The van der Waals surface area contributed by atoms with E-state index in [4.69, 9.17) is 11.6 Å². The molecule has 9 heteroatoms. The summed E-state index contributed by atoms with van der Waals surface area (Å²) >= 11 is 6.01. The summed E-state index contributed by atoms with van der Waals surface area (Å²) < 4.78 is 1.27. The van der Waals surface area contributed by atoms with Gasteiger partial charge in [-0.3, -0.25) is 19.5 Å². The summed E-state index contributed by atoms with van der Waals surface area (Å²) in [7, 11) is 0. The molecule has 5 rings (SSSR count). The van der Waals surface area contributed by atoms with Crippen molar-refractivity contribution in [2.45, 2.75) is 19.3 Å². The van der Waals surface area contributed by atoms with Crippen LogP contribution in [0.2, 0.25) is 5.02 Å². The number of fused-ring (bicyclic) bond motifs is 1. The summed E-state index contributed by atoms with van der Waals surface area (Å²) in [6, 6.07) is 13.9. The lowest BCUT2D eigenvalue weighted by Crippen LogP contribution is -2.31. The van der Waals surface area contributed by atoms with Crippen LogP contribution < -0.4 is 10.5 Å². The van der Waals surface area contributed by atoms with Crippen LogP contribution >= 0.6 is 11.6 Å². The van der Waals surface area contributed by atoms with Crippen LogP contribution in [0, 0.1) is 6.92 Å². The highest BCUT2D eigenvalue weighted by Gasteiger charge is 2.43. The highest BCUT2D eigenvalue weighted by molar-refractivity contribution is 6.31. The summed E-state index contributed by atoms with van der Waals surface area (Å²) in [5.41, 5.74) is 2.26. The second-order valence-corrected chi connectivity index (χ2v) is 7.61. The van der Waals surface area contributed by atoms with Crippen molar-refractivity contribution in [3.05, 3.63) is 75.2 Å². The first kappa shape index (κ1) is 18.4. The Morgan fingerprint density at radius 3 is 2.67 bits per heavy atom. The maximum absolute atomic E-state index is 13.2. The number of imidazole rings is 1. The molecule has 8 nitrogen and oxygen atoms in total. The van der Waals surface area contributed by atoms with Crippen LogP contribution in [0.25, 0.3) is 17.0 Å². The van der Waals surface area contributed by atoms with Crippen LogP contribution in [-0.4, -0.2) is 31.6 Å². The molecule has 150 valence electrons. The number of aromatic nitrogens is 4. The first-order valence-electron chi connectivity index (χ1n) is 9.33. The number of aryl methyl sites for hydroxylation is 1. The Balaban J connectivity index is 1.56. The molecule has 2 aromatic heterocycles. The van der Waals surface area contributed by atoms with E-state index in [1.54, 1.807) is 31.2 Å². The second-order valence-electron chi connectivity index (χ2n) is 7.17. The number of benzene rings is 2. The molecule has 4 aromatic rings. The second kappa shape index (κ2) is 6.70. The molecule has 1 saturated heterocycles. The van der Waals surface area contributed by atoms with E-state index in [1.165, 1.54) is 4.68 Å². The van der Waals surface area contributed by atoms with Gasteiger partial charge in [-0.2, -0.15) is 4.68 Å². The Bertz CT molecular complexity index is 1350. The first-order valence-corrected chi connectivity index (χ1v) is 9.71. The molecule has 0 aliphatic carbocycles. The van der Waals surface area contributed by atoms with Gasteiger partial charge in [-0.05, 0) is 37.3 Å². The third-order valence-corrected chi connectivity index (χ3v) is 5.50. The number of H-pyrrole nitrogens is 2. The fourth-order valence-electron chi connectivity index (χ4n) is 3.91. The van der Waals surface area contributed by atoms with Gasteiger partial charge in [-0.1, -0.05) is 29.8 Å². The normalized spacial score (nSPS) is 16.7. The average Bonchev–Trinajstić information content (AvgIpc) is 3.35. The highest BCUT2D eigenvalue weighted by Crippen LogP contribution is 2.34. The fourth-order valence-corrected chi connectivity index (χ4v) is 4.09. The molecule has 3 heterocycles. The first-order chi connectivity index (χ1) is 14.4. The maximum Gasteiger partial charge on any atom is 0.278 e. The van der Waals surface area contributed by atoms with E-state index in [9.17, 15) is 14.4 Å². The van der Waals surface area contributed by atoms with E-state index in [0.717, 1.165) is 10.4 Å². The Morgan fingerprint density at radius 2 is 1.90 bits per heavy atom. The number of carbonyl (C=O) groups excluding carboxylic acids is 2. The number of rotatable bonds is 3. The molecule has 2 aromatic carbocycles.